The van der Waals surface area contributed by atoms with Crippen LogP contribution in [0.1, 0.15) is 29.2 Å². The third-order valence-corrected chi connectivity index (χ3v) is 5.84. The zero-order valence-electron chi connectivity index (χ0n) is 10.8. The number of hydrogen-bond acceptors (Lipinski definition) is 6. The third kappa shape index (κ3) is 3.20. The fourth-order valence-corrected chi connectivity index (χ4v) is 2.22. The summed E-state index contributed by atoms with van der Waals surface area (Å²) in [6.45, 7) is 4.86. The quantitative estimate of drug-likeness (QED) is 0.845. The highest BCUT2D eigenvalue weighted by Crippen LogP contribution is 2.20. The number of nitrogens with one attached hydrogen (secondary N) is 1. The summed E-state index contributed by atoms with van der Waals surface area (Å²) in [4.78, 5) is 16.2. The highest BCUT2D eigenvalue weighted by atomic mass is 32.2. The van der Waals surface area contributed by atoms with Gasteiger partial charge in [0.05, 0.1) is 10.4 Å². The lowest BCUT2D eigenvalue weighted by atomic mass is 10.2. The lowest BCUT2D eigenvalue weighted by molar-refractivity contribution is 0.0954. The summed E-state index contributed by atoms with van der Waals surface area (Å²) in [6.07, 6.45) is 1.15. The van der Waals surface area contributed by atoms with Crippen molar-refractivity contribution in [2.45, 2.75) is 25.5 Å². The van der Waals surface area contributed by atoms with E-state index in [9.17, 15) is 13.2 Å². The largest absolute Gasteiger partial charge is 0.375 e. The molecule has 0 aliphatic rings. The van der Waals surface area contributed by atoms with E-state index in [1.807, 2.05) is 0 Å². The second-order valence-corrected chi connectivity index (χ2v) is 8.36. The fraction of sp³-hybridized carbons (Fsp3) is 0.600. The molecule has 1 amide bonds. The van der Waals surface area contributed by atoms with Gasteiger partial charge in [0.25, 0.3) is 5.91 Å². The van der Waals surface area contributed by atoms with Crippen LogP contribution in [0.5, 0.6) is 0 Å². The van der Waals surface area contributed by atoms with Gasteiger partial charge < -0.3 is 11.1 Å². The molecule has 0 bridgehead atoms. The molecule has 1 aromatic rings. The Morgan fingerprint density at radius 1 is 1.50 bits per heavy atom. The van der Waals surface area contributed by atoms with Crippen LogP contribution in [0, 0.1) is 6.92 Å². The van der Waals surface area contributed by atoms with E-state index in [1.165, 1.54) is 0 Å². The average molecular weight is 291 g/mol. The second-order valence-electron chi connectivity index (χ2n) is 4.68. The van der Waals surface area contributed by atoms with Crippen molar-refractivity contribution in [3.63, 3.8) is 0 Å². The molecule has 0 aliphatic carbocycles. The first-order chi connectivity index (χ1) is 8.04. The minimum atomic E-state index is -3.24. The number of amides is 1. The summed E-state index contributed by atoms with van der Waals surface area (Å²) in [7, 11) is -3.24. The second kappa shape index (κ2) is 4.85. The standard InChI is InChI=1S/C10H17N3O3S2/c1-6-7(17-9(11)13-6)8(14)12-5-10(2,3)18(4,15)16/h5H2,1-4H3,(H2,11,13)(H,12,14). The molecule has 0 unspecified atom stereocenters. The van der Waals surface area contributed by atoms with Gasteiger partial charge in [-0.15, -0.1) is 0 Å². The topological polar surface area (TPSA) is 102 Å². The van der Waals surface area contributed by atoms with Crippen molar-refractivity contribution in [2.75, 3.05) is 18.5 Å². The van der Waals surface area contributed by atoms with Crippen molar-refractivity contribution in [1.29, 1.82) is 0 Å². The van der Waals surface area contributed by atoms with Crippen LogP contribution in [0.4, 0.5) is 5.13 Å². The summed E-state index contributed by atoms with van der Waals surface area (Å²) in [5.41, 5.74) is 6.05. The van der Waals surface area contributed by atoms with Crippen molar-refractivity contribution < 1.29 is 13.2 Å². The van der Waals surface area contributed by atoms with Crippen molar-refractivity contribution in [2.24, 2.45) is 0 Å². The maximum Gasteiger partial charge on any atom is 0.263 e. The van der Waals surface area contributed by atoms with Gasteiger partial charge in [-0.05, 0) is 20.8 Å². The van der Waals surface area contributed by atoms with Crippen LogP contribution in [0.15, 0.2) is 0 Å². The van der Waals surface area contributed by atoms with E-state index in [2.05, 4.69) is 10.3 Å². The molecule has 3 N–H and O–H groups in total. The molecule has 0 aromatic carbocycles. The number of nitrogen functional groups attached to an aromatic ring is 1. The molecule has 0 saturated heterocycles. The minimum Gasteiger partial charge on any atom is -0.375 e. The van der Waals surface area contributed by atoms with Gasteiger partial charge >= 0.3 is 0 Å². The first-order valence-corrected chi connectivity index (χ1v) is 7.96. The van der Waals surface area contributed by atoms with Crippen molar-refractivity contribution >= 4 is 32.2 Å². The van der Waals surface area contributed by atoms with Gasteiger partial charge in [-0.2, -0.15) is 0 Å². The van der Waals surface area contributed by atoms with E-state index in [1.54, 1.807) is 20.8 Å². The van der Waals surface area contributed by atoms with Crippen LogP contribution < -0.4 is 11.1 Å². The van der Waals surface area contributed by atoms with E-state index in [0.717, 1.165) is 17.6 Å². The number of anilines is 1. The fourth-order valence-electron chi connectivity index (χ4n) is 1.13. The number of thiazole rings is 1. The molecule has 8 heteroatoms. The van der Waals surface area contributed by atoms with Crippen molar-refractivity contribution in [1.82, 2.24) is 10.3 Å². The summed E-state index contributed by atoms with van der Waals surface area (Å²) in [5.74, 6) is -0.349. The molecular weight excluding hydrogens is 274 g/mol. The number of nitrogens with zero attached hydrogens (tertiary/aromatic N) is 1. The number of sulfone groups is 1. The Hall–Kier alpha value is -1.15. The highest BCUT2D eigenvalue weighted by molar-refractivity contribution is 7.92. The maximum atomic E-state index is 11.9. The van der Waals surface area contributed by atoms with Gasteiger partial charge in [-0.1, -0.05) is 11.3 Å². The lowest BCUT2D eigenvalue weighted by Gasteiger charge is -2.22. The van der Waals surface area contributed by atoms with Gasteiger partial charge in [0.15, 0.2) is 15.0 Å². The molecule has 1 heterocycles. The van der Waals surface area contributed by atoms with E-state index in [-0.39, 0.29) is 12.5 Å². The molecule has 0 radical (unpaired) electrons. The molecule has 6 nitrogen and oxygen atoms in total. The molecule has 102 valence electrons. The Morgan fingerprint density at radius 3 is 2.44 bits per heavy atom. The molecular formula is C10H17N3O3S2. The predicted octanol–water partition coefficient (Wildman–Crippen LogP) is 0.587. The summed E-state index contributed by atoms with van der Waals surface area (Å²) in [6, 6.07) is 0. The van der Waals surface area contributed by atoms with Gasteiger partial charge in [0, 0.05) is 12.8 Å². The number of rotatable bonds is 4. The first kappa shape index (κ1) is 14.9. The Morgan fingerprint density at radius 2 is 2.06 bits per heavy atom. The van der Waals surface area contributed by atoms with Crippen LogP contribution in [0.2, 0.25) is 0 Å². The van der Waals surface area contributed by atoms with Crippen LogP contribution in [-0.2, 0) is 9.84 Å². The van der Waals surface area contributed by atoms with E-state index in [4.69, 9.17) is 5.73 Å². The summed E-state index contributed by atoms with van der Waals surface area (Å²) < 4.78 is 22.0. The van der Waals surface area contributed by atoms with Crippen molar-refractivity contribution in [3.05, 3.63) is 10.6 Å². The monoisotopic (exact) mass is 291 g/mol. The van der Waals surface area contributed by atoms with Crippen LogP contribution in [-0.4, -0.2) is 36.9 Å². The number of carbonyl (C=O) groups is 1. The van der Waals surface area contributed by atoms with E-state index < -0.39 is 14.6 Å². The van der Waals surface area contributed by atoms with Crippen LogP contribution >= 0.6 is 11.3 Å². The molecule has 0 spiro atoms. The van der Waals surface area contributed by atoms with E-state index >= 15 is 0 Å². The molecule has 1 rings (SSSR count). The van der Waals surface area contributed by atoms with Gasteiger partial charge in [0.2, 0.25) is 0 Å². The number of nitrogens with two attached hydrogens (primary N) is 1. The molecule has 0 atom stereocenters. The minimum absolute atomic E-state index is 0.0436. The van der Waals surface area contributed by atoms with Gasteiger partial charge in [0.1, 0.15) is 4.88 Å². The zero-order chi connectivity index (χ0) is 14.1. The number of hydrogen-bond donors (Lipinski definition) is 2. The number of aryl methyl sites for hydroxylation is 1. The smallest absolute Gasteiger partial charge is 0.263 e. The molecule has 0 saturated carbocycles. The molecule has 18 heavy (non-hydrogen) atoms. The maximum absolute atomic E-state index is 11.9. The van der Waals surface area contributed by atoms with Crippen LogP contribution in [0.25, 0.3) is 0 Å². The molecule has 0 aliphatic heterocycles. The Labute approximate surface area is 111 Å². The number of carbonyl (C=O) groups excluding carboxylic acids is 1. The molecule has 1 aromatic heterocycles. The third-order valence-electron chi connectivity index (χ3n) is 2.70. The summed E-state index contributed by atoms with van der Waals surface area (Å²) in [5, 5.41) is 2.92. The van der Waals surface area contributed by atoms with Crippen LogP contribution in [0.3, 0.4) is 0 Å². The lowest BCUT2D eigenvalue weighted by Crippen LogP contribution is -2.43. The Bertz CT molecular complexity index is 561. The predicted molar refractivity (Wildman–Crippen MR) is 72.5 cm³/mol. The zero-order valence-corrected chi connectivity index (χ0v) is 12.4. The first-order valence-electron chi connectivity index (χ1n) is 5.25. The summed E-state index contributed by atoms with van der Waals surface area (Å²) >= 11 is 1.09. The SMILES string of the molecule is Cc1nc(N)sc1C(=O)NCC(C)(C)S(C)(=O)=O. The highest BCUT2D eigenvalue weighted by Gasteiger charge is 2.31. The molecule has 0 fully saturated rings. The van der Waals surface area contributed by atoms with E-state index in [0.29, 0.717) is 15.7 Å². The Kier molecular flexibility index (Phi) is 4.02. The normalized spacial score (nSPS) is 12.4. The van der Waals surface area contributed by atoms with Gasteiger partial charge in [-0.3, -0.25) is 4.79 Å². The average Bonchev–Trinajstić information content (AvgIpc) is 2.53. The van der Waals surface area contributed by atoms with Gasteiger partial charge in [-0.25, -0.2) is 13.4 Å². The number of aromatic nitrogens is 1. The Balaban J connectivity index is 2.77. The van der Waals surface area contributed by atoms with Crippen molar-refractivity contribution in [3.8, 4) is 0 Å².